The van der Waals surface area contributed by atoms with Crippen molar-refractivity contribution in [2.24, 2.45) is 0 Å². The van der Waals surface area contributed by atoms with Gasteiger partial charge >= 0.3 is 0 Å². The van der Waals surface area contributed by atoms with Gasteiger partial charge in [0.05, 0.1) is 6.10 Å². The van der Waals surface area contributed by atoms with Crippen molar-refractivity contribution in [1.29, 1.82) is 0 Å². The molecule has 2 aromatic carbocycles. The lowest BCUT2D eigenvalue weighted by molar-refractivity contribution is 0.0992. The van der Waals surface area contributed by atoms with E-state index in [-0.39, 0.29) is 13.2 Å². The first-order chi connectivity index (χ1) is 12.8. The number of aliphatic hydroxyl groups excluding tert-OH is 1. The Bertz CT molecular complexity index is 887. The van der Waals surface area contributed by atoms with Crippen LogP contribution < -0.4 is 9.47 Å². The Morgan fingerprint density at radius 2 is 1.96 bits per heavy atom. The molecule has 0 radical (unpaired) electrons. The number of fused-ring (bicyclic) bond motifs is 1. The minimum Gasteiger partial charge on any atom is -0.486 e. The number of aliphatic hydroxyl groups is 1. The highest BCUT2D eigenvalue weighted by Gasteiger charge is 2.13. The molecule has 4 heteroatoms. The third-order valence-corrected chi connectivity index (χ3v) is 4.06. The monoisotopic (exact) mass is 347 g/mol. The Kier molecular flexibility index (Phi) is 6.08. The van der Waals surface area contributed by atoms with E-state index in [1.807, 2.05) is 54.7 Å². The predicted octanol–water partition coefficient (Wildman–Crippen LogP) is 3.62. The molecule has 1 heterocycles. The van der Waals surface area contributed by atoms with E-state index in [2.05, 4.69) is 10.9 Å². The summed E-state index contributed by atoms with van der Waals surface area (Å²) in [5, 5.41) is 12.3. The summed E-state index contributed by atoms with van der Waals surface area (Å²) in [6.45, 7) is 0.346. The lowest BCUT2D eigenvalue weighted by Crippen LogP contribution is -2.18. The number of hydrogen-bond donors (Lipinski definition) is 1. The molecular formula is C22H21NO3. The lowest BCUT2D eigenvalue weighted by Gasteiger charge is -2.17. The quantitative estimate of drug-likeness (QED) is 0.632. The van der Waals surface area contributed by atoms with Gasteiger partial charge in [0.25, 0.3) is 0 Å². The summed E-state index contributed by atoms with van der Waals surface area (Å²) in [5.41, 5.74) is 1.09. The first kappa shape index (κ1) is 17.8. The molecule has 0 bridgehead atoms. The molecule has 0 fully saturated rings. The molecular weight excluding hydrogens is 326 g/mol. The molecule has 0 saturated carbocycles. The molecule has 4 nitrogen and oxygen atoms in total. The molecule has 1 N–H and O–H groups in total. The van der Waals surface area contributed by atoms with Gasteiger partial charge < -0.3 is 14.6 Å². The van der Waals surface area contributed by atoms with Crippen LogP contribution in [0.4, 0.5) is 0 Å². The number of aryl methyl sites for hydroxylation is 1. The highest BCUT2D eigenvalue weighted by atomic mass is 16.5. The first-order valence-electron chi connectivity index (χ1n) is 8.55. The Morgan fingerprint density at radius 1 is 1.08 bits per heavy atom. The summed E-state index contributed by atoms with van der Waals surface area (Å²) in [6.07, 6.45) is 9.59. The van der Waals surface area contributed by atoms with E-state index < -0.39 is 6.10 Å². The third kappa shape index (κ3) is 4.53. The van der Waals surface area contributed by atoms with Gasteiger partial charge in [-0.05, 0) is 35.9 Å². The zero-order chi connectivity index (χ0) is 18.2. The maximum atomic E-state index is 10.3. The van der Waals surface area contributed by atoms with Gasteiger partial charge in [0.2, 0.25) is 0 Å². The van der Waals surface area contributed by atoms with Gasteiger partial charge in [-0.1, -0.05) is 42.3 Å². The molecule has 0 amide bonds. The minimum atomic E-state index is -0.588. The summed E-state index contributed by atoms with van der Waals surface area (Å²) < 4.78 is 11.5. The van der Waals surface area contributed by atoms with Crippen molar-refractivity contribution in [3.05, 3.63) is 66.5 Å². The SMILES string of the molecule is C#CCOc1ccc2ccccc2c1OCC(O)CCc1cccnc1. The molecule has 1 unspecified atom stereocenters. The number of rotatable bonds is 8. The molecule has 1 aromatic heterocycles. The molecule has 3 aromatic rings. The fourth-order valence-corrected chi connectivity index (χ4v) is 2.75. The Labute approximate surface area is 153 Å². The maximum Gasteiger partial charge on any atom is 0.169 e. The van der Waals surface area contributed by atoms with Crippen LogP contribution in [0.15, 0.2) is 60.9 Å². The molecule has 0 aliphatic carbocycles. The van der Waals surface area contributed by atoms with Crippen molar-refractivity contribution in [2.45, 2.75) is 18.9 Å². The second kappa shape index (κ2) is 8.89. The van der Waals surface area contributed by atoms with Gasteiger partial charge in [0.1, 0.15) is 13.2 Å². The maximum absolute atomic E-state index is 10.3. The number of nitrogens with zero attached hydrogens (tertiary/aromatic N) is 1. The normalized spacial score (nSPS) is 11.7. The lowest BCUT2D eigenvalue weighted by atomic mass is 10.1. The van der Waals surface area contributed by atoms with Crippen molar-refractivity contribution in [1.82, 2.24) is 4.98 Å². The van der Waals surface area contributed by atoms with E-state index in [9.17, 15) is 5.11 Å². The topological polar surface area (TPSA) is 51.6 Å². The molecule has 132 valence electrons. The van der Waals surface area contributed by atoms with Gasteiger partial charge in [0, 0.05) is 17.8 Å². The molecule has 1 atom stereocenters. The van der Waals surface area contributed by atoms with Gasteiger partial charge in [-0.15, -0.1) is 6.42 Å². The fraction of sp³-hybridized carbons (Fsp3) is 0.227. The van der Waals surface area contributed by atoms with Crippen LogP contribution in [0, 0.1) is 12.3 Å². The van der Waals surface area contributed by atoms with Gasteiger partial charge in [-0.3, -0.25) is 4.98 Å². The minimum absolute atomic E-state index is 0.165. The number of ether oxygens (including phenoxy) is 2. The van der Waals surface area contributed by atoms with Crippen LogP contribution in [-0.4, -0.2) is 29.4 Å². The van der Waals surface area contributed by atoms with Crippen LogP contribution in [0.5, 0.6) is 11.5 Å². The van der Waals surface area contributed by atoms with Gasteiger partial charge in [0.15, 0.2) is 11.5 Å². The number of benzene rings is 2. The number of aromatic nitrogens is 1. The molecule has 26 heavy (non-hydrogen) atoms. The fourth-order valence-electron chi connectivity index (χ4n) is 2.75. The van der Waals surface area contributed by atoms with Crippen LogP contribution in [0.2, 0.25) is 0 Å². The molecule has 0 aliphatic rings. The standard InChI is InChI=1S/C22H21NO3/c1-2-14-25-21-12-10-18-7-3-4-8-20(18)22(21)26-16-19(24)11-9-17-6-5-13-23-15-17/h1,3-8,10,12-13,15,19,24H,9,11,14,16H2. The van der Waals surface area contributed by atoms with E-state index >= 15 is 0 Å². The second-order valence-corrected chi connectivity index (χ2v) is 5.97. The Balaban J connectivity index is 1.69. The van der Waals surface area contributed by atoms with Gasteiger partial charge in [-0.25, -0.2) is 0 Å². The van der Waals surface area contributed by atoms with Crippen molar-refractivity contribution >= 4 is 10.8 Å². The Morgan fingerprint density at radius 3 is 2.77 bits per heavy atom. The van der Waals surface area contributed by atoms with E-state index in [0.29, 0.717) is 17.9 Å². The number of hydrogen-bond acceptors (Lipinski definition) is 4. The average Bonchev–Trinajstić information content (AvgIpc) is 2.70. The molecule has 0 saturated heterocycles. The van der Waals surface area contributed by atoms with Crippen molar-refractivity contribution in [3.8, 4) is 23.8 Å². The van der Waals surface area contributed by atoms with E-state index in [1.54, 1.807) is 6.20 Å². The molecule has 0 spiro atoms. The van der Waals surface area contributed by atoms with Crippen molar-refractivity contribution in [2.75, 3.05) is 13.2 Å². The van der Waals surface area contributed by atoms with Crippen LogP contribution in [-0.2, 0) is 6.42 Å². The highest BCUT2D eigenvalue weighted by Crippen LogP contribution is 2.35. The average molecular weight is 347 g/mol. The zero-order valence-corrected chi connectivity index (χ0v) is 14.5. The number of terminal acetylenes is 1. The Hall–Kier alpha value is -3.03. The van der Waals surface area contributed by atoms with Gasteiger partial charge in [-0.2, -0.15) is 0 Å². The van der Waals surface area contributed by atoms with Crippen LogP contribution in [0.25, 0.3) is 10.8 Å². The van der Waals surface area contributed by atoms with Crippen molar-refractivity contribution < 1.29 is 14.6 Å². The second-order valence-electron chi connectivity index (χ2n) is 5.97. The summed E-state index contributed by atoms with van der Waals surface area (Å²) >= 11 is 0. The third-order valence-electron chi connectivity index (χ3n) is 4.06. The largest absolute Gasteiger partial charge is 0.486 e. The van der Waals surface area contributed by atoms with Crippen LogP contribution in [0.1, 0.15) is 12.0 Å². The van der Waals surface area contributed by atoms with Crippen molar-refractivity contribution in [3.63, 3.8) is 0 Å². The van der Waals surface area contributed by atoms with Crippen LogP contribution >= 0.6 is 0 Å². The predicted molar refractivity (Wildman–Crippen MR) is 102 cm³/mol. The summed E-state index contributed by atoms with van der Waals surface area (Å²) in [7, 11) is 0. The summed E-state index contributed by atoms with van der Waals surface area (Å²) in [4.78, 5) is 4.08. The van der Waals surface area contributed by atoms with Crippen LogP contribution in [0.3, 0.4) is 0 Å². The summed E-state index contributed by atoms with van der Waals surface area (Å²) in [6, 6.07) is 15.6. The van der Waals surface area contributed by atoms with E-state index in [0.717, 1.165) is 22.8 Å². The summed E-state index contributed by atoms with van der Waals surface area (Å²) in [5.74, 6) is 3.66. The first-order valence-corrected chi connectivity index (χ1v) is 8.55. The van der Waals surface area contributed by atoms with E-state index in [4.69, 9.17) is 15.9 Å². The van der Waals surface area contributed by atoms with E-state index in [1.165, 1.54) is 0 Å². The number of pyridine rings is 1. The smallest absolute Gasteiger partial charge is 0.169 e. The zero-order valence-electron chi connectivity index (χ0n) is 14.5. The molecule has 3 rings (SSSR count). The highest BCUT2D eigenvalue weighted by molar-refractivity contribution is 5.90. The molecule has 0 aliphatic heterocycles.